The van der Waals surface area contributed by atoms with Crippen molar-refractivity contribution in [2.45, 2.75) is 0 Å². The largest absolute Gasteiger partial charge is 0 e. The summed E-state index contributed by atoms with van der Waals surface area (Å²) < 4.78 is 7.81. The molecule has 0 saturated heterocycles. The normalized spacial score (nSPS) is 1.50. The molecule has 0 unspecified atom stereocenters. The van der Waals surface area contributed by atoms with Crippen LogP contribution < -0.4 is 0 Å². The predicted octanol–water partition coefficient (Wildman–Crippen LogP) is -0.505. The van der Waals surface area contributed by atoms with Crippen molar-refractivity contribution in [2.24, 2.45) is 0 Å². The molecule has 0 rings (SSSR count). The Kier molecular flexibility index (Phi) is 70.3. The summed E-state index contributed by atoms with van der Waals surface area (Å²) in [4.78, 5) is 0. The van der Waals surface area contributed by atoms with Gasteiger partial charge in [-0.25, -0.2) is 0 Å². The van der Waals surface area contributed by atoms with Gasteiger partial charge in [-0.15, -0.1) is 0 Å². The van der Waals surface area contributed by atoms with Crippen molar-refractivity contribution in [3.05, 3.63) is 0 Å². The molecular weight excluding hydrogens is 401 g/mol. The minimum Gasteiger partial charge on any atom is 0 e. The van der Waals surface area contributed by atoms with Crippen LogP contribution in [0.5, 0.6) is 0 Å². The summed E-state index contributed by atoms with van der Waals surface area (Å²) in [6, 6.07) is 0. The zero-order valence-corrected chi connectivity index (χ0v) is 10.1. The molecule has 0 aliphatic heterocycles. The van der Waals surface area contributed by atoms with E-state index in [1.807, 2.05) is 0 Å². The Morgan fingerprint density at radius 1 is 1.25 bits per heavy atom. The van der Waals surface area contributed by atoms with Crippen molar-refractivity contribution in [1.82, 2.24) is 0 Å². The van der Waals surface area contributed by atoms with Crippen molar-refractivity contribution in [2.75, 3.05) is 0 Å². The second-order valence-corrected chi connectivity index (χ2v) is 0. The van der Waals surface area contributed by atoms with Crippen LogP contribution in [0.25, 0.3) is 0 Å². The van der Waals surface area contributed by atoms with E-state index in [0.717, 1.165) is 0 Å². The van der Waals surface area contributed by atoms with E-state index in [4.69, 9.17) is 3.83 Å². The fourth-order valence-corrected chi connectivity index (χ4v) is 0. The zero-order valence-electron chi connectivity index (χ0n) is 1.83. The second kappa shape index (κ2) is 17.6. The molecule has 2 radical (unpaired) electrons. The fourth-order valence-electron chi connectivity index (χ4n) is 0. The van der Waals surface area contributed by atoms with E-state index in [0.29, 0.717) is 0 Å². The molecular formula is BaCuOW. The van der Waals surface area contributed by atoms with Gasteiger partial charge >= 0.3 is 19.8 Å². The molecule has 0 atom stereocenters. The molecule has 0 spiro atoms. The van der Waals surface area contributed by atoms with Crippen molar-refractivity contribution in [3.63, 3.8) is 0 Å². The minimum atomic E-state index is 0. The Balaban J connectivity index is -0.00000000500. The van der Waals surface area contributed by atoms with Gasteiger partial charge < -0.3 is 0 Å². The van der Waals surface area contributed by atoms with Gasteiger partial charge in [0.05, 0.1) is 0 Å². The molecule has 0 bridgehead atoms. The smallest absolute Gasteiger partial charge is 0 e. The Morgan fingerprint density at radius 3 is 1.25 bits per heavy atom. The van der Waals surface area contributed by atoms with Crippen LogP contribution in [-0.4, -0.2) is 48.9 Å². The van der Waals surface area contributed by atoms with Crippen LogP contribution in [0.15, 0.2) is 0 Å². The van der Waals surface area contributed by atoms with Crippen LogP contribution in [-0.2, 0) is 40.8 Å². The predicted molar refractivity (Wildman–Crippen MR) is 6.44 cm³/mol. The van der Waals surface area contributed by atoms with E-state index < -0.39 is 0 Å². The van der Waals surface area contributed by atoms with Gasteiger partial charge in [-0.2, -0.15) is 0 Å². The molecule has 0 heterocycles. The zero-order chi connectivity index (χ0) is 2.00. The van der Waals surface area contributed by atoms with Gasteiger partial charge in [-0.05, 0) is 0 Å². The SMILES string of the molecule is [Ba].[O]=[Cu].[W]. The first kappa shape index (κ1) is 16.0. The first-order chi connectivity index (χ1) is 1.00. The van der Waals surface area contributed by atoms with Gasteiger partial charge in [0.15, 0.2) is 0 Å². The average Bonchev–Trinajstić information content (AvgIpc) is 1.00. The van der Waals surface area contributed by atoms with Crippen molar-refractivity contribution in [3.8, 4) is 0 Å². The fraction of sp³-hybridized carbons (Fsp3) is 0. The number of hydrogen-bond donors (Lipinski definition) is 0. The van der Waals surface area contributed by atoms with E-state index in [1.165, 1.54) is 0 Å². The summed E-state index contributed by atoms with van der Waals surface area (Å²) >= 11 is 2.94. The summed E-state index contributed by atoms with van der Waals surface area (Å²) in [6.45, 7) is 0. The Bertz CT molecular complexity index is 8.00. The number of hydrogen-bond acceptors (Lipinski definition) is 1. The van der Waals surface area contributed by atoms with Crippen molar-refractivity contribution in [1.29, 1.82) is 0 Å². The maximum absolute atomic E-state index is 7.81. The summed E-state index contributed by atoms with van der Waals surface area (Å²) in [7, 11) is 0. The third-order valence-corrected chi connectivity index (χ3v) is 0. The first-order valence-electron chi connectivity index (χ1n) is 0.123. The molecule has 0 aliphatic carbocycles. The van der Waals surface area contributed by atoms with Gasteiger partial charge in [-0.1, -0.05) is 0 Å². The molecule has 0 N–H and O–H groups in total. The number of rotatable bonds is 0. The van der Waals surface area contributed by atoms with Gasteiger partial charge in [0.2, 0.25) is 0 Å². The molecule has 0 fully saturated rings. The van der Waals surface area contributed by atoms with E-state index in [-0.39, 0.29) is 69.9 Å². The minimum absolute atomic E-state index is 0. The van der Waals surface area contributed by atoms with Crippen LogP contribution in [0.3, 0.4) is 0 Å². The Hall–Kier alpha value is 2.58. The second-order valence-electron chi connectivity index (χ2n) is 0. The van der Waals surface area contributed by atoms with Crippen LogP contribution in [0, 0.1) is 0 Å². The third kappa shape index (κ3) is 8.82. The summed E-state index contributed by atoms with van der Waals surface area (Å²) in [5.74, 6) is 0. The molecule has 0 aromatic carbocycles. The Labute approximate surface area is 87.6 Å². The van der Waals surface area contributed by atoms with Gasteiger partial charge in [0, 0.05) is 69.9 Å². The van der Waals surface area contributed by atoms with Crippen molar-refractivity contribution >= 4 is 48.9 Å². The first-order valence-corrected chi connectivity index (χ1v) is 0.508. The maximum atomic E-state index is 7.81. The maximum Gasteiger partial charge on any atom is 0 e. The monoisotopic (exact) mass is 401 g/mol. The standard InChI is InChI=1S/Ba.Cu.O.W. The van der Waals surface area contributed by atoms with Gasteiger partial charge in [-0.3, -0.25) is 0 Å². The van der Waals surface area contributed by atoms with Gasteiger partial charge in [0.25, 0.3) is 0 Å². The van der Waals surface area contributed by atoms with Gasteiger partial charge in [0.1, 0.15) is 0 Å². The molecule has 25 valence electrons. The molecule has 0 aromatic heterocycles. The van der Waals surface area contributed by atoms with Crippen molar-refractivity contribution < 1.29 is 40.8 Å². The average molecular weight is 401 g/mol. The van der Waals surface area contributed by atoms with E-state index in [9.17, 15) is 0 Å². The van der Waals surface area contributed by atoms with E-state index in [1.54, 1.807) is 0 Å². The third-order valence-electron chi connectivity index (χ3n) is 0. The van der Waals surface area contributed by atoms with Crippen LogP contribution in [0.1, 0.15) is 0 Å². The molecule has 4 heteroatoms. The molecule has 0 aromatic rings. The topological polar surface area (TPSA) is 17.1 Å². The quantitative estimate of drug-likeness (QED) is 0.501. The van der Waals surface area contributed by atoms with E-state index in [2.05, 4.69) is 15.9 Å². The van der Waals surface area contributed by atoms with Crippen LogP contribution >= 0.6 is 0 Å². The Morgan fingerprint density at radius 2 is 1.25 bits per heavy atom. The van der Waals surface area contributed by atoms with E-state index >= 15 is 0 Å². The summed E-state index contributed by atoms with van der Waals surface area (Å²) in [5, 5.41) is 0. The molecule has 1 nitrogen and oxygen atoms in total. The van der Waals surface area contributed by atoms with Crippen LogP contribution in [0.4, 0.5) is 0 Å². The van der Waals surface area contributed by atoms with Crippen LogP contribution in [0.2, 0.25) is 0 Å². The molecule has 0 aliphatic rings. The molecule has 4 heavy (non-hydrogen) atoms. The summed E-state index contributed by atoms with van der Waals surface area (Å²) in [5.41, 5.74) is 0. The summed E-state index contributed by atoms with van der Waals surface area (Å²) in [6.07, 6.45) is 0. The molecule has 0 amide bonds. The molecule has 0 saturated carbocycles.